The van der Waals surface area contributed by atoms with Gasteiger partial charge >= 0.3 is 0 Å². The van der Waals surface area contributed by atoms with Crippen molar-refractivity contribution in [2.24, 2.45) is 0 Å². The molecule has 168 valence electrons. The van der Waals surface area contributed by atoms with E-state index in [-0.39, 0.29) is 11.7 Å². The second kappa shape index (κ2) is 9.84. The van der Waals surface area contributed by atoms with Crippen LogP contribution in [-0.2, 0) is 17.7 Å². The van der Waals surface area contributed by atoms with E-state index in [4.69, 9.17) is 17.0 Å². The van der Waals surface area contributed by atoms with Gasteiger partial charge in [-0.15, -0.1) is 0 Å². The first-order valence-electron chi connectivity index (χ1n) is 11.3. The van der Waals surface area contributed by atoms with E-state index in [1.165, 1.54) is 11.1 Å². The van der Waals surface area contributed by atoms with Crippen LogP contribution in [0.4, 0.5) is 5.69 Å². The highest BCUT2D eigenvalue weighted by atomic mass is 32.1. The van der Waals surface area contributed by atoms with Crippen molar-refractivity contribution in [3.8, 4) is 0 Å². The average molecular weight is 450 g/mol. The topological polar surface area (TPSA) is 57.4 Å². The Kier molecular flexibility index (Phi) is 6.92. The van der Waals surface area contributed by atoms with Crippen molar-refractivity contribution in [3.05, 3.63) is 75.1 Å². The van der Waals surface area contributed by atoms with Crippen LogP contribution in [0.5, 0.6) is 0 Å². The minimum absolute atomic E-state index is 0.0708. The molecule has 1 saturated heterocycles. The fourth-order valence-electron chi connectivity index (χ4n) is 4.45. The zero-order valence-electron chi connectivity index (χ0n) is 19.0. The molecule has 3 aromatic rings. The Morgan fingerprint density at radius 3 is 2.78 bits per heavy atom. The monoisotopic (exact) mass is 449 g/mol. The van der Waals surface area contributed by atoms with Crippen LogP contribution in [-0.4, -0.2) is 34.3 Å². The van der Waals surface area contributed by atoms with E-state index in [1.807, 2.05) is 31.2 Å². The first kappa shape index (κ1) is 22.5. The number of para-hydroxylation sites is 1. The number of anilines is 1. The third-order valence-corrected chi connectivity index (χ3v) is 6.47. The summed E-state index contributed by atoms with van der Waals surface area (Å²) in [6.45, 7) is 8.10. The molecule has 0 bridgehead atoms. The molecule has 2 heterocycles. The van der Waals surface area contributed by atoms with Gasteiger partial charge in [0.15, 0.2) is 5.11 Å². The van der Waals surface area contributed by atoms with Crippen LogP contribution < -0.4 is 10.9 Å². The van der Waals surface area contributed by atoms with Crippen molar-refractivity contribution >= 4 is 33.9 Å². The number of fused-ring (bicyclic) bond motifs is 1. The second-order valence-corrected chi connectivity index (χ2v) is 9.01. The number of nitrogens with one attached hydrogen (secondary N) is 2. The molecule has 1 aliphatic rings. The Balaban J connectivity index is 1.64. The Morgan fingerprint density at radius 1 is 1.22 bits per heavy atom. The van der Waals surface area contributed by atoms with E-state index >= 15 is 0 Å². The van der Waals surface area contributed by atoms with E-state index in [0.717, 1.165) is 48.0 Å². The van der Waals surface area contributed by atoms with Crippen molar-refractivity contribution in [2.45, 2.75) is 52.7 Å². The average Bonchev–Trinajstić information content (AvgIpc) is 3.28. The van der Waals surface area contributed by atoms with E-state index in [0.29, 0.717) is 23.8 Å². The smallest absolute Gasteiger partial charge is 0.253 e. The Morgan fingerprint density at radius 2 is 2.03 bits per heavy atom. The van der Waals surface area contributed by atoms with Crippen molar-refractivity contribution < 1.29 is 4.74 Å². The molecule has 2 aromatic carbocycles. The maximum atomic E-state index is 12.9. The molecule has 1 aromatic heterocycles. The molecule has 4 rings (SSSR count). The number of aryl methyl sites for hydroxylation is 3. The summed E-state index contributed by atoms with van der Waals surface area (Å²) in [5.41, 5.74) is 6.00. The van der Waals surface area contributed by atoms with Gasteiger partial charge in [0.2, 0.25) is 0 Å². The van der Waals surface area contributed by atoms with Crippen LogP contribution in [0.3, 0.4) is 0 Å². The number of aromatic nitrogens is 1. The van der Waals surface area contributed by atoms with Gasteiger partial charge in [-0.3, -0.25) is 4.79 Å². The number of hydrogen-bond donors (Lipinski definition) is 2. The molecule has 0 aliphatic carbocycles. The van der Waals surface area contributed by atoms with Crippen molar-refractivity contribution in [1.82, 2.24) is 9.88 Å². The fraction of sp³-hybridized carbons (Fsp3) is 0.385. The van der Waals surface area contributed by atoms with E-state index in [9.17, 15) is 4.79 Å². The lowest BCUT2D eigenvalue weighted by Gasteiger charge is -2.28. The zero-order valence-corrected chi connectivity index (χ0v) is 19.8. The van der Waals surface area contributed by atoms with Gasteiger partial charge in [-0.25, -0.2) is 0 Å². The number of pyridine rings is 1. The highest BCUT2D eigenvalue weighted by Gasteiger charge is 2.22. The molecular formula is C26H31N3O2S. The summed E-state index contributed by atoms with van der Waals surface area (Å²) in [6.07, 6.45) is 3.12. The summed E-state index contributed by atoms with van der Waals surface area (Å²) < 4.78 is 5.88. The molecule has 1 aliphatic heterocycles. The predicted octanol–water partition coefficient (Wildman–Crippen LogP) is 5.09. The van der Waals surface area contributed by atoms with Gasteiger partial charge in [0.1, 0.15) is 0 Å². The molecule has 0 radical (unpaired) electrons. The molecule has 32 heavy (non-hydrogen) atoms. The van der Waals surface area contributed by atoms with Crippen molar-refractivity contribution in [2.75, 3.05) is 18.5 Å². The molecule has 0 amide bonds. The number of thiocarbonyl (C=S) groups is 1. The SMILES string of the molecule is CCc1ccccc1NC(=S)N(Cc1cc2cc(C)cc(C)c2[nH]c1=O)C[C@@H]1CCCO1. The van der Waals surface area contributed by atoms with Gasteiger partial charge < -0.3 is 19.9 Å². The summed E-state index contributed by atoms with van der Waals surface area (Å²) in [5, 5.41) is 5.08. The van der Waals surface area contributed by atoms with Gasteiger partial charge in [0, 0.05) is 24.4 Å². The quantitative estimate of drug-likeness (QED) is 0.514. The standard InChI is InChI=1S/C26H31N3O2S/c1-4-19-8-5-6-10-23(19)27-26(32)29(16-22-9-7-11-31-22)15-21-14-20-13-17(2)12-18(3)24(20)28-25(21)30/h5-6,8,10,12-14,22H,4,7,9,11,15-16H2,1-3H3,(H,27,32)(H,28,30)/t22-/m0/s1. The molecule has 0 spiro atoms. The van der Waals surface area contributed by atoms with Crippen LogP contribution in [0.15, 0.2) is 47.3 Å². The summed E-state index contributed by atoms with van der Waals surface area (Å²) in [4.78, 5) is 18.1. The van der Waals surface area contributed by atoms with Crippen LogP contribution in [0.25, 0.3) is 10.9 Å². The minimum Gasteiger partial charge on any atom is -0.376 e. The summed E-state index contributed by atoms with van der Waals surface area (Å²) >= 11 is 5.83. The van der Waals surface area contributed by atoms with Crippen molar-refractivity contribution in [3.63, 3.8) is 0 Å². The lowest BCUT2D eigenvalue weighted by Crippen LogP contribution is -2.40. The summed E-state index contributed by atoms with van der Waals surface area (Å²) in [5.74, 6) is 0. The predicted molar refractivity (Wildman–Crippen MR) is 135 cm³/mol. The van der Waals surface area contributed by atoms with Gasteiger partial charge in [0.05, 0.1) is 18.2 Å². The third kappa shape index (κ3) is 5.03. The van der Waals surface area contributed by atoms with Gasteiger partial charge in [0.25, 0.3) is 5.56 Å². The second-order valence-electron chi connectivity index (χ2n) is 8.63. The first-order chi connectivity index (χ1) is 15.4. The largest absolute Gasteiger partial charge is 0.376 e. The zero-order chi connectivity index (χ0) is 22.7. The van der Waals surface area contributed by atoms with Gasteiger partial charge in [-0.05, 0) is 80.0 Å². The first-order valence-corrected chi connectivity index (χ1v) is 11.7. The summed E-state index contributed by atoms with van der Waals surface area (Å²) in [6, 6.07) is 14.4. The van der Waals surface area contributed by atoms with Crippen molar-refractivity contribution in [1.29, 1.82) is 0 Å². The lowest BCUT2D eigenvalue weighted by molar-refractivity contribution is 0.0904. The molecule has 6 heteroatoms. The Labute approximate surface area is 194 Å². The highest BCUT2D eigenvalue weighted by Crippen LogP contribution is 2.21. The van der Waals surface area contributed by atoms with E-state index in [2.05, 4.69) is 47.2 Å². The van der Waals surface area contributed by atoms with Crippen LogP contribution in [0.2, 0.25) is 0 Å². The minimum atomic E-state index is -0.0708. The molecule has 2 N–H and O–H groups in total. The molecule has 0 saturated carbocycles. The van der Waals surface area contributed by atoms with E-state index in [1.54, 1.807) is 0 Å². The number of nitrogens with zero attached hydrogens (tertiary/aromatic N) is 1. The molecule has 0 unspecified atom stereocenters. The number of hydrogen-bond acceptors (Lipinski definition) is 3. The summed E-state index contributed by atoms with van der Waals surface area (Å²) in [7, 11) is 0. The number of aromatic amines is 1. The maximum absolute atomic E-state index is 12.9. The molecule has 1 atom stereocenters. The number of rotatable bonds is 6. The third-order valence-electron chi connectivity index (χ3n) is 6.11. The Hall–Kier alpha value is -2.70. The normalized spacial score (nSPS) is 15.8. The maximum Gasteiger partial charge on any atom is 0.253 e. The Bertz CT molecular complexity index is 1180. The van der Waals surface area contributed by atoms with Crippen LogP contribution >= 0.6 is 12.2 Å². The van der Waals surface area contributed by atoms with E-state index < -0.39 is 0 Å². The molecule has 1 fully saturated rings. The lowest BCUT2D eigenvalue weighted by atomic mass is 10.1. The number of H-pyrrole nitrogens is 1. The molecule has 5 nitrogen and oxygen atoms in total. The fourth-order valence-corrected chi connectivity index (χ4v) is 4.70. The van der Waals surface area contributed by atoms with Crippen LogP contribution in [0, 0.1) is 13.8 Å². The van der Waals surface area contributed by atoms with Gasteiger partial charge in [-0.1, -0.05) is 36.8 Å². The molecular weight excluding hydrogens is 418 g/mol. The number of benzene rings is 2. The van der Waals surface area contributed by atoms with Gasteiger partial charge in [-0.2, -0.15) is 0 Å². The number of ether oxygens (including phenoxy) is 1. The highest BCUT2D eigenvalue weighted by molar-refractivity contribution is 7.80. The van der Waals surface area contributed by atoms with Crippen LogP contribution in [0.1, 0.15) is 42.0 Å².